The van der Waals surface area contributed by atoms with Gasteiger partial charge in [0.15, 0.2) is 5.82 Å². The lowest BCUT2D eigenvalue weighted by Crippen LogP contribution is -2.41. The van der Waals surface area contributed by atoms with Gasteiger partial charge in [0.25, 0.3) is 0 Å². The van der Waals surface area contributed by atoms with Gasteiger partial charge in [-0.25, -0.2) is 0 Å². The highest BCUT2D eigenvalue weighted by molar-refractivity contribution is 5.05. The van der Waals surface area contributed by atoms with Crippen LogP contribution in [0.5, 0.6) is 0 Å². The number of hydrogen-bond acceptors (Lipinski definition) is 6. The van der Waals surface area contributed by atoms with Crippen molar-refractivity contribution in [3.05, 3.63) is 30.2 Å². The van der Waals surface area contributed by atoms with Gasteiger partial charge in [0, 0.05) is 37.3 Å². The number of rotatable bonds is 6. The third kappa shape index (κ3) is 3.61. The Balaban J connectivity index is 1.32. The monoisotopic (exact) mass is 317 g/mol. The van der Waals surface area contributed by atoms with Crippen LogP contribution in [0.25, 0.3) is 0 Å². The molecule has 23 heavy (non-hydrogen) atoms. The van der Waals surface area contributed by atoms with Crippen molar-refractivity contribution >= 4 is 0 Å². The predicted octanol–water partition coefficient (Wildman–Crippen LogP) is 1.38. The maximum absolute atomic E-state index is 10.3. The number of likely N-dealkylation sites (tertiary alicyclic amines) is 1. The topological polar surface area (TPSA) is 80.2 Å². The van der Waals surface area contributed by atoms with Crippen LogP contribution in [0, 0.1) is 0 Å². The number of aliphatic hydroxyl groups excluding tert-OH is 1. The number of aromatic nitrogens is 4. The van der Waals surface area contributed by atoms with E-state index in [1.54, 1.807) is 10.9 Å². The molecule has 124 valence electrons. The summed E-state index contributed by atoms with van der Waals surface area (Å²) in [6.45, 7) is 3.09. The zero-order valence-electron chi connectivity index (χ0n) is 13.2. The molecular weight excluding hydrogens is 294 g/mol. The molecule has 1 N–H and O–H groups in total. The van der Waals surface area contributed by atoms with Gasteiger partial charge in [-0.05, 0) is 38.3 Å². The molecule has 2 atom stereocenters. The maximum Gasteiger partial charge on any atom is 0.229 e. The van der Waals surface area contributed by atoms with Gasteiger partial charge in [0.2, 0.25) is 5.89 Å². The molecule has 0 aromatic carbocycles. The number of nitrogens with zero attached hydrogens (tertiary/aromatic N) is 5. The van der Waals surface area contributed by atoms with E-state index in [0.717, 1.165) is 37.6 Å². The van der Waals surface area contributed by atoms with E-state index in [9.17, 15) is 5.11 Å². The van der Waals surface area contributed by atoms with Gasteiger partial charge in [-0.2, -0.15) is 10.1 Å². The fourth-order valence-electron chi connectivity index (χ4n) is 3.32. The van der Waals surface area contributed by atoms with E-state index >= 15 is 0 Å². The second-order valence-corrected chi connectivity index (χ2v) is 6.75. The fourth-order valence-corrected chi connectivity index (χ4v) is 3.32. The van der Waals surface area contributed by atoms with Crippen LogP contribution in [-0.2, 0) is 6.54 Å². The van der Waals surface area contributed by atoms with E-state index in [-0.39, 0.29) is 0 Å². The molecular formula is C16H23N5O2. The van der Waals surface area contributed by atoms with E-state index in [1.807, 2.05) is 12.3 Å². The lowest BCUT2D eigenvalue weighted by atomic mass is 9.97. The summed E-state index contributed by atoms with van der Waals surface area (Å²) >= 11 is 0. The second kappa shape index (κ2) is 6.41. The van der Waals surface area contributed by atoms with Gasteiger partial charge >= 0.3 is 0 Å². The molecule has 1 aliphatic carbocycles. The molecule has 0 radical (unpaired) electrons. The molecule has 7 heteroatoms. The molecule has 0 spiro atoms. The highest BCUT2D eigenvalue weighted by atomic mass is 16.5. The second-order valence-electron chi connectivity index (χ2n) is 6.75. The van der Waals surface area contributed by atoms with Crippen LogP contribution in [0.15, 0.2) is 23.0 Å². The number of piperidine rings is 1. The Kier molecular flexibility index (Phi) is 4.13. The van der Waals surface area contributed by atoms with Crippen molar-refractivity contribution in [1.29, 1.82) is 0 Å². The molecule has 1 aliphatic heterocycles. The quantitative estimate of drug-likeness (QED) is 0.867. The van der Waals surface area contributed by atoms with Gasteiger partial charge in [-0.15, -0.1) is 0 Å². The van der Waals surface area contributed by atoms with Gasteiger partial charge in [0.1, 0.15) is 0 Å². The molecule has 2 aliphatic rings. The Morgan fingerprint density at radius 1 is 1.26 bits per heavy atom. The van der Waals surface area contributed by atoms with Crippen LogP contribution in [-0.4, -0.2) is 55.7 Å². The maximum atomic E-state index is 10.3. The zero-order chi connectivity index (χ0) is 15.6. The van der Waals surface area contributed by atoms with Gasteiger partial charge in [-0.1, -0.05) is 5.16 Å². The summed E-state index contributed by atoms with van der Waals surface area (Å²) in [6.07, 6.45) is 7.75. The van der Waals surface area contributed by atoms with E-state index in [4.69, 9.17) is 4.52 Å². The Morgan fingerprint density at radius 3 is 2.96 bits per heavy atom. The first kappa shape index (κ1) is 14.8. The molecule has 3 heterocycles. The van der Waals surface area contributed by atoms with Crippen LogP contribution >= 0.6 is 0 Å². The summed E-state index contributed by atoms with van der Waals surface area (Å²) in [7, 11) is 0. The van der Waals surface area contributed by atoms with E-state index < -0.39 is 6.10 Å². The van der Waals surface area contributed by atoms with Gasteiger partial charge in [0.05, 0.1) is 12.6 Å². The molecule has 2 aromatic heterocycles. The minimum atomic E-state index is -0.416. The van der Waals surface area contributed by atoms with Crippen molar-refractivity contribution in [3.63, 3.8) is 0 Å². The lowest BCUT2D eigenvalue weighted by Gasteiger charge is -2.32. The van der Waals surface area contributed by atoms with Crippen LogP contribution in [0.2, 0.25) is 0 Å². The minimum absolute atomic E-state index is 0.317. The first-order valence-corrected chi connectivity index (χ1v) is 8.49. The van der Waals surface area contributed by atoms with Crippen molar-refractivity contribution in [2.24, 2.45) is 0 Å². The van der Waals surface area contributed by atoms with E-state index in [2.05, 4.69) is 20.1 Å². The summed E-state index contributed by atoms with van der Waals surface area (Å²) in [5.41, 5.74) is 0. The number of β-amino-alcohol motifs (C(OH)–C–C–N with tert-alkyl or cyclic N) is 1. The third-order valence-electron chi connectivity index (χ3n) is 4.68. The summed E-state index contributed by atoms with van der Waals surface area (Å²) in [5.74, 6) is 2.48. The molecule has 0 amide bonds. The minimum Gasteiger partial charge on any atom is -0.390 e. The van der Waals surface area contributed by atoms with Crippen molar-refractivity contribution in [2.75, 3.05) is 19.6 Å². The molecule has 1 saturated carbocycles. The highest BCUT2D eigenvalue weighted by Crippen LogP contribution is 2.39. The molecule has 0 bridgehead atoms. The summed E-state index contributed by atoms with van der Waals surface area (Å²) in [4.78, 5) is 6.89. The standard InChI is InChI=1S/C16H23N5O2/c22-14(11-21-8-2-6-17-21)10-20-7-1-3-13(9-20)15-18-16(23-19-15)12-4-5-12/h2,6,8,12-14,22H,1,3-5,7,9-11H2. The van der Waals surface area contributed by atoms with E-state index in [1.165, 1.54) is 12.8 Å². The normalized spacial score (nSPS) is 24.0. The highest BCUT2D eigenvalue weighted by Gasteiger charge is 2.32. The van der Waals surface area contributed by atoms with Crippen molar-refractivity contribution in [1.82, 2.24) is 24.8 Å². The molecule has 2 unspecified atom stereocenters. The largest absolute Gasteiger partial charge is 0.390 e. The fraction of sp³-hybridized carbons (Fsp3) is 0.688. The van der Waals surface area contributed by atoms with Crippen molar-refractivity contribution < 1.29 is 9.63 Å². The van der Waals surface area contributed by atoms with E-state index in [0.29, 0.717) is 24.9 Å². The van der Waals surface area contributed by atoms with Gasteiger partial charge < -0.3 is 9.63 Å². The third-order valence-corrected chi connectivity index (χ3v) is 4.68. The summed E-state index contributed by atoms with van der Waals surface area (Å²) in [5, 5.41) is 18.6. The molecule has 2 fully saturated rings. The number of hydrogen-bond donors (Lipinski definition) is 1. The van der Waals surface area contributed by atoms with Gasteiger partial charge in [-0.3, -0.25) is 9.58 Å². The van der Waals surface area contributed by atoms with Crippen molar-refractivity contribution in [2.45, 2.75) is 50.2 Å². The molecule has 7 nitrogen and oxygen atoms in total. The van der Waals surface area contributed by atoms with Crippen LogP contribution < -0.4 is 0 Å². The Bertz CT molecular complexity index is 622. The van der Waals surface area contributed by atoms with Crippen LogP contribution in [0.1, 0.15) is 49.2 Å². The SMILES string of the molecule is OC(CN1CCCC(c2noc(C3CC3)n2)C1)Cn1cccn1. The molecule has 1 saturated heterocycles. The lowest BCUT2D eigenvalue weighted by molar-refractivity contribution is 0.0798. The Morgan fingerprint density at radius 2 is 2.17 bits per heavy atom. The Labute approximate surface area is 135 Å². The molecule has 4 rings (SSSR count). The van der Waals surface area contributed by atoms with Crippen LogP contribution in [0.3, 0.4) is 0 Å². The van der Waals surface area contributed by atoms with Crippen molar-refractivity contribution in [3.8, 4) is 0 Å². The summed E-state index contributed by atoms with van der Waals surface area (Å²) < 4.78 is 7.16. The number of aliphatic hydroxyl groups is 1. The zero-order valence-corrected chi connectivity index (χ0v) is 13.2. The van der Waals surface area contributed by atoms with Crippen LogP contribution in [0.4, 0.5) is 0 Å². The summed E-state index contributed by atoms with van der Waals surface area (Å²) in [6, 6.07) is 1.87. The average Bonchev–Trinajstić information content (AvgIpc) is 3.07. The smallest absolute Gasteiger partial charge is 0.229 e. The average molecular weight is 317 g/mol. The first-order valence-electron chi connectivity index (χ1n) is 8.49. The Hall–Kier alpha value is -1.73. The first-order chi connectivity index (χ1) is 11.3. The predicted molar refractivity (Wildman–Crippen MR) is 82.9 cm³/mol. The molecule has 2 aromatic rings.